The maximum absolute atomic E-state index is 12.2. The smallest absolute Gasteiger partial charge is 0.223 e. The van der Waals surface area contributed by atoms with Crippen LogP contribution in [0.1, 0.15) is 44.9 Å². The molecule has 0 saturated heterocycles. The van der Waals surface area contributed by atoms with Crippen LogP contribution in [0.25, 0.3) is 0 Å². The molecule has 0 aromatic heterocycles. The second-order valence-corrected chi connectivity index (χ2v) is 6.97. The van der Waals surface area contributed by atoms with E-state index in [1.165, 1.54) is 6.42 Å². The molecule has 2 fully saturated rings. The molecule has 4 heteroatoms. The van der Waals surface area contributed by atoms with Crippen molar-refractivity contribution in [3.05, 3.63) is 0 Å². The van der Waals surface area contributed by atoms with E-state index < -0.39 is 0 Å². The number of rotatable bonds is 4. The van der Waals surface area contributed by atoms with Gasteiger partial charge in [-0.25, -0.2) is 0 Å². The van der Waals surface area contributed by atoms with E-state index in [-0.39, 0.29) is 5.92 Å². The molecule has 2 aliphatic carbocycles. The van der Waals surface area contributed by atoms with Crippen LogP contribution in [0.3, 0.4) is 0 Å². The third kappa shape index (κ3) is 3.64. The van der Waals surface area contributed by atoms with Gasteiger partial charge in [0.2, 0.25) is 5.91 Å². The van der Waals surface area contributed by atoms with E-state index in [4.69, 9.17) is 5.73 Å². The molecule has 3 N–H and O–H groups in total. The van der Waals surface area contributed by atoms with Gasteiger partial charge >= 0.3 is 0 Å². The van der Waals surface area contributed by atoms with E-state index >= 15 is 0 Å². The summed E-state index contributed by atoms with van der Waals surface area (Å²) in [6.45, 7) is 0.784. The van der Waals surface area contributed by atoms with Crippen molar-refractivity contribution < 1.29 is 4.79 Å². The Hall–Kier alpha value is -0.220. The first-order valence-corrected chi connectivity index (χ1v) is 8.55. The fraction of sp³-hybridized carbons (Fsp3) is 0.929. The van der Waals surface area contributed by atoms with E-state index in [0.717, 1.165) is 50.3 Å². The molecule has 0 aromatic rings. The summed E-state index contributed by atoms with van der Waals surface area (Å²) >= 11 is 1.94. The average Bonchev–Trinajstić information content (AvgIpc) is 2.86. The minimum absolute atomic E-state index is 0.251. The standard InChI is InChI=1S/C14H26N2OS/c1-18-13-7-6-12(8-13)16-14(17)11-4-2-10(9-15)3-5-11/h10-13H,2-9,15H2,1H3,(H,16,17). The quantitative estimate of drug-likeness (QED) is 0.823. The molecule has 1 amide bonds. The zero-order chi connectivity index (χ0) is 13.0. The number of amides is 1. The van der Waals surface area contributed by atoms with Gasteiger partial charge in [-0.1, -0.05) is 0 Å². The summed E-state index contributed by atoms with van der Waals surface area (Å²) < 4.78 is 0. The normalized spacial score (nSPS) is 36.6. The molecule has 0 spiro atoms. The monoisotopic (exact) mass is 270 g/mol. The summed E-state index contributed by atoms with van der Waals surface area (Å²) in [6.07, 6.45) is 10.1. The summed E-state index contributed by atoms with van der Waals surface area (Å²) in [5.41, 5.74) is 5.68. The van der Waals surface area contributed by atoms with Crippen LogP contribution in [-0.2, 0) is 4.79 Å². The Labute approximate surface area is 115 Å². The van der Waals surface area contributed by atoms with Gasteiger partial charge in [0, 0.05) is 17.2 Å². The first kappa shape index (κ1) is 14.2. The zero-order valence-corrected chi connectivity index (χ0v) is 12.2. The molecule has 104 valence electrons. The Balaban J connectivity index is 1.72. The highest BCUT2D eigenvalue weighted by molar-refractivity contribution is 7.99. The molecule has 2 aliphatic rings. The van der Waals surface area contributed by atoms with Crippen LogP contribution in [0.5, 0.6) is 0 Å². The van der Waals surface area contributed by atoms with E-state index in [0.29, 0.717) is 17.9 Å². The van der Waals surface area contributed by atoms with Crippen LogP contribution in [0.4, 0.5) is 0 Å². The minimum Gasteiger partial charge on any atom is -0.353 e. The van der Waals surface area contributed by atoms with Crippen molar-refractivity contribution in [2.75, 3.05) is 12.8 Å². The fourth-order valence-corrected chi connectivity index (χ4v) is 4.06. The van der Waals surface area contributed by atoms with Gasteiger partial charge in [-0.05, 0) is 63.7 Å². The van der Waals surface area contributed by atoms with Gasteiger partial charge < -0.3 is 11.1 Å². The predicted octanol–water partition coefficient (Wildman–Crippen LogP) is 2.15. The number of nitrogens with one attached hydrogen (secondary N) is 1. The molecule has 0 heterocycles. The summed E-state index contributed by atoms with van der Waals surface area (Å²) in [5, 5.41) is 4.02. The fourth-order valence-electron chi connectivity index (χ4n) is 3.26. The maximum atomic E-state index is 12.2. The van der Waals surface area contributed by atoms with Gasteiger partial charge in [0.25, 0.3) is 0 Å². The lowest BCUT2D eigenvalue weighted by molar-refractivity contribution is -0.126. The van der Waals surface area contributed by atoms with Crippen LogP contribution in [0.2, 0.25) is 0 Å². The van der Waals surface area contributed by atoms with E-state index in [9.17, 15) is 4.79 Å². The number of hydrogen-bond donors (Lipinski definition) is 2. The van der Waals surface area contributed by atoms with Gasteiger partial charge in [-0.3, -0.25) is 4.79 Å². The third-order valence-corrected chi connectivity index (χ3v) is 5.71. The highest BCUT2D eigenvalue weighted by Crippen LogP contribution is 2.31. The molecule has 2 saturated carbocycles. The zero-order valence-electron chi connectivity index (χ0n) is 11.4. The van der Waals surface area contributed by atoms with Crippen molar-refractivity contribution >= 4 is 17.7 Å². The molecule has 2 atom stereocenters. The Morgan fingerprint density at radius 1 is 1.22 bits per heavy atom. The number of nitrogens with two attached hydrogens (primary N) is 1. The third-order valence-electron chi connectivity index (χ3n) is 4.62. The molecule has 2 unspecified atom stereocenters. The van der Waals surface area contributed by atoms with Gasteiger partial charge in [-0.2, -0.15) is 11.8 Å². The number of thioether (sulfide) groups is 1. The van der Waals surface area contributed by atoms with E-state index in [1.54, 1.807) is 0 Å². The molecule has 0 aliphatic heterocycles. The number of carbonyl (C=O) groups is 1. The molecule has 0 bridgehead atoms. The first-order chi connectivity index (χ1) is 8.72. The Kier molecular flexibility index (Phi) is 5.37. The molecule has 2 rings (SSSR count). The topological polar surface area (TPSA) is 55.1 Å². The van der Waals surface area contributed by atoms with Crippen LogP contribution in [-0.4, -0.2) is 30.0 Å². The number of hydrogen-bond acceptors (Lipinski definition) is 3. The van der Waals surface area contributed by atoms with Gasteiger partial charge in [0.1, 0.15) is 0 Å². The Morgan fingerprint density at radius 3 is 2.50 bits per heavy atom. The lowest BCUT2D eigenvalue weighted by atomic mass is 9.81. The Morgan fingerprint density at radius 2 is 1.94 bits per heavy atom. The van der Waals surface area contributed by atoms with Crippen molar-refractivity contribution in [1.82, 2.24) is 5.32 Å². The van der Waals surface area contributed by atoms with Crippen LogP contribution in [0, 0.1) is 11.8 Å². The summed E-state index contributed by atoms with van der Waals surface area (Å²) in [7, 11) is 0. The molecular weight excluding hydrogens is 244 g/mol. The second kappa shape index (κ2) is 6.80. The van der Waals surface area contributed by atoms with Gasteiger partial charge in [0.15, 0.2) is 0 Å². The van der Waals surface area contributed by atoms with Crippen LogP contribution >= 0.6 is 11.8 Å². The minimum atomic E-state index is 0.251. The Bertz CT molecular complexity index is 277. The first-order valence-electron chi connectivity index (χ1n) is 7.26. The van der Waals surface area contributed by atoms with Gasteiger partial charge in [-0.15, -0.1) is 0 Å². The van der Waals surface area contributed by atoms with E-state index in [1.807, 2.05) is 11.8 Å². The summed E-state index contributed by atoms with van der Waals surface area (Å²) in [4.78, 5) is 12.2. The summed E-state index contributed by atoms with van der Waals surface area (Å²) in [5.74, 6) is 1.21. The lowest BCUT2D eigenvalue weighted by Gasteiger charge is -2.27. The van der Waals surface area contributed by atoms with Crippen LogP contribution in [0.15, 0.2) is 0 Å². The van der Waals surface area contributed by atoms with Crippen molar-refractivity contribution in [3.8, 4) is 0 Å². The number of carbonyl (C=O) groups excluding carboxylic acids is 1. The average molecular weight is 270 g/mol. The highest BCUT2D eigenvalue weighted by atomic mass is 32.2. The molecule has 0 radical (unpaired) electrons. The SMILES string of the molecule is CSC1CCC(NC(=O)C2CCC(CN)CC2)C1. The molecule has 0 aromatic carbocycles. The molecule has 3 nitrogen and oxygen atoms in total. The van der Waals surface area contributed by atoms with Crippen LogP contribution < -0.4 is 11.1 Å². The van der Waals surface area contributed by atoms with Gasteiger partial charge in [0.05, 0.1) is 0 Å². The second-order valence-electron chi connectivity index (χ2n) is 5.83. The summed E-state index contributed by atoms with van der Waals surface area (Å²) in [6, 6.07) is 0.433. The highest BCUT2D eigenvalue weighted by Gasteiger charge is 2.30. The molecular formula is C14H26N2OS. The molecule has 18 heavy (non-hydrogen) atoms. The maximum Gasteiger partial charge on any atom is 0.223 e. The van der Waals surface area contributed by atoms with Crippen molar-refractivity contribution in [1.29, 1.82) is 0 Å². The van der Waals surface area contributed by atoms with Crippen molar-refractivity contribution in [2.24, 2.45) is 17.6 Å². The predicted molar refractivity (Wildman–Crippen MR) is 77.6 cm³/mol. The van der Waals surface area contributed by atoms with E-state index in [2.05, 4.69) is 11.6 Å². The lowest BCUT2D eigenvalue weighted by Crippen LogP contribution is -2.39. The largest absolute Gasteiger partial charge is 0.353 e. The van der Waals surface area contributed by atoms with Crippen molar-refractivity contribution in [2.45, 2.75) is 56.2 Å². The van der Waals surface area contributed by atoms with Crippen molar-refractivity contribution in [3.63, 3.8) is 0 Å².